The van der Waals surface area contributed by atoms with E-state index in [1.165, 1.54) is 16.2 Å². The Morgan fingerprint density at radius 2 is 2.11 bits per heavy atom. The fourth-order valence-electron chi connectivity index (χ4n) is 1.49. The Morgan fingerprint density at radius 3 is 2.68 bits per heavy atom. The van der Waals surface area contributed by atoms with Gasteiger partial charge in [-0.15, -0.1) is 11.3 Å². The number of thiol groups is 1. The van der Waals surface area contributed by atoms with Crippen molar-refractivity contribution in [3.8, 4) is 17.0 Å². The summed E-state index contributed by atoms with van der Waals surface area (Å²) in [6.45, 7) is 0. The van der Waals surface area contributed by atoms with Gasteiger partial charge in [-0.3, -0.25) is 4.79 Å². The van der Waals surface area contributed by atoms with Gasteiger partial charge in [0.05, 0.1) is 18.7 Å². The van der Waals surface area contributed by atoms with Crippen molar-refractivity contribution in [2.45, 2.75) is 0 Å². The van der Waals surface area contributed by atoms with E-state index in [1.807, 2.05) is 29.6 Å². The predicted molar refractivity (Wildman–Crippen MR) is 80.0 cm³/mol. The molecule has 0 aliphatic heterocycles. The summed E-state index contributed by atoms with van der Waals surface area (Å²) in [7, 11) is 3.33. The number of thiazole rings is 1. The van der Waals surface area contributed by atoms with Crippen LogP contribution in [0.15, 0.2) is 29.6 Å². The Hall–Kier alpha value is -1.53. The van der Waals surface area contributed by atoms with Crippen molar-refractivity contribution in [1.82, 2.24) is 9.88 Å². The molecule has 0 unspecified atom stereocenters. The molecule has 0 fully saturated rings. The number of ether oxygens (including phenoxy) is 1. The highest BCUT2D eigenvalue weighted by molar-refractivity contribution is 7.80. The van der Waals surface area contributed by atoms with Crippen LogP contribution >= 0.6 is 24.0 Å². The van der Waals surface area contributed by atoms with Crippen LogP contribution in [-0.4, -0.2) is 35.8 Å². The van der Waals surface area contributed by atoms with Crippen LogP contribution in [-0.2, 0) is 0 Å². The number of hydrogen-bond acceptors (Lipinski definition) is 5. The Morgan fingerprint density at radius 1 is 1.42 bits per heavy atom. The highest BCUT2D eigenvalue weighted by atomic mass is 32.1. The largest absolute Gasteiger partial charge is 0.497 e. The van der Waals surface area contributed by atoms with Gasteiger partial charge in [0.1, 0.15) is 5.75 Å². The predicted octanol–water partition coefficient (Wildman–Crippen LogP) is 2.78. The SMILES string of the molecule is COc1ccc(-c2csc(C(=O)N(C)CS)n2)cc1. The number of aromatic nitrogens is 1. The Kier molecular flexibility index (Phi) is 4.44. The third-order valence-electron chi connectivity index (χ3n) is 2.63. The van der Waals surface area contributed by atoms with Gasteiger partial charge in [0.25, 0.3) is 5.91 Å². The molecule has 1 aromatic heterocycles. The lowest BCUT2D eigenvalue weighted by Crippen LogP contribution is -2.25. The van der Waals surface area contributed by atoms with Gasteiger partial charge in [-0.05, 0) is 24.3 Å². The normalized spacial score (nSPS) is 10.3. The van der Waals surface area contributed by atoms with E-state index in [-0.39, 0.29) is 5.91 Å². The molecule has 6 heteroatoms. The van der Waals surface area contributed by atoms with Crippen molar-refractivity contribution in [2.24, 2.45) is 0 Å². The van der Waals surface area contributed by atoms with Crippen LogP contribution in [0.1, 0.15) is 9.80 Å². The van der Waals surface area contributed by atoms with Crippen molar-refractivity contribution in [2.75, 3.05) is 20.0 Å². The molecule has 0 N–H and O–H groups in total. The maximum Gasteiger partial charge on any atom is 0.283 e. The van der Waals surface area contributed by atoms with E-state index in [4.69, 9.17) is 4.74 Å². The number of carbonyl (C=O) groups excluding carboxylic acids is 1. The maximum absolute atomic E-state index is 11.9. The Balaban J connectivity index is 2.22. The summed E-state index contributed by atoms with van der Waals surface area (Å²) in [5, 5.41) is 2.35. The van der Waals surface area contributed by atoms with E-state index in [1.54, 1.807) is 14.2 Å². The summed E-state index contributed by atoms with van der Waals surface area (Å²) >= 11 is 5.41. The molecule has 0 radical (unpaired) electrons. The molecule has 2 aromatic rings. The van der Waals surface area contributed by atoms with Gasteiger partial charge in [-0.2, -0.15) is 12.6 Å². The molecule has 19 heavy (non-hydrogen) atoms. The Bertz CT molecular complexity index is 566. The molecular weight excluding hydrogens is 280 g/mol. The molecular formula is C13H14N2O2S2. The van der Waals surface area contributed by atoms with E-state index < -0.39 is 0 Å². The third kappa shape index (κ3) is 3.08. The smallest absolute Gasteiger partial charge is 0.283 e. The fourth-order valence-corrected chi connectivity index (χ4v) is 2.44. The van der Waals surface area contributed by atoms with Crippen molar-refractivity contribution in [3.63, 3.8) is 0 Å². The first kappa shape index (κ1) is 13.9. The molecule has 1 amide bonds. The van der Waals surface area contributed by atoms with Gasteiger partial charge < -0.3 is 9.64 Å². The van der Waals surface area contributed by atoms with E-state index in [0.29, 0.717) is 10.9 Å². The molecule has 0 saturated carbocycles. The topological polar surface area (TPSA) is 42.4 Å². The van der Waals surface area contributed by atoms with E-state index >= 15 is 0 Å². The summed E-state index contributed by atoms with van der Waals surface area (Å²) < 4.78 is 5.11. The van der Waals surface area contributed by atoms with Crippen LogP contribution < -0.4 is 4.74 Å². The third-order valence-corrected chi connectivity index (χ3v) is 3.89. The van der Waals surface area contributed by atoms with Crippen LogP contribution in [0, 0.1) is 0 Å². The Labute approximate surface area is 121 Å². The molecule has 0 atom stereocenters. The van der Waals surface area contributed by atoms with E-state index in [9.17, 15) is 4.79 Å². The van der Waals surface area contributed by atoms with Gasteiger partial charge in [0.15, 0.2) is 5.01 Å². The average molecular weight is 294 g/mol. The average Bonchev–Trinajstić information content (AvgIpc) is 2.95. The van der Waals surface area contributed by atoms with Crippen molar-refractivity contribution < 1.29 is 9.53 Å². The van der Waals surface area contributed by atoms with Gasteiger partial charge in [0, 0.05) is 18.0 Å². The summed E-state index contributed by atoms with van der Waals surface area (Å²) in [5.74, 6) is 1.06. The zero-order valence-corrected chi connectivity index (χ0v) is 12.4. The first-order chi connectivity index (χ1) is 9.15. The molecule has 1 aromatic carbocycles. The molecule has 0 aliphatic rings. The molecule has 100 valence electrons. The lowest BCUT2D eigenvalue weighted by molar-refractivity contribution is 0.0820. The summed E-state index contributed by atoms with van der Waals surface area (Å²) in [5.41, 5.74) is 1.76. The molecule has 0 bridgehead atoms. The number of methoxy groups -OCH3 is 1. The number of rotatable bonds is 4. The maximum atomic E-state index is 11.9. The number of benzene rings is 1. The zero-order valence-electron chi connectivity index (χ0n) is 10.7. The van der Waals surface area contributed by atoms with Crippen LogP contribution in [0.3, 0.4) is 0 Å². The highest BCUT2D eigenvalue weighted by Crippen LogP contribution is 2.24. The first-order valence-corrected chi connectivity index (χ1v) is 7.13. The minimum Gasteiger partial charge on any atom is -0.497 e. The number of nitrogens with zero attached hydrogens (tertiary/aromatic N) is 2. The second-order valence-corrected chi connectivity index (χ2v) is 5.05. The molecule has 0 aliphatic carbocycles. The van der Waals surface area contributed by atoms with Gasteiger partial charge in [0.2, 0.25) is 0 Å². The van der Waals surface area contributed by atoms with E-state index in [2.05, 4.69) is 17.6 Å². The standard InChI is InChI=1S/C13H14N2O2S2/c1-15(8-18)13(16)12-14-11(7-19-12)9-3-5-10(17-2)6-4-9/h3-7,18H,8H2,1-2H3. The highest BCUT2D eigenvalue weighted by Gasteiger charge is 2.15. The first-order valence-electron chi connectivity index (χ1n) is 5.62. The van der Waals surface area contributed by atoms with Gasteiger partial charge >= 0.3 is 0 Å². The fraction of sp³-hybridized carbons (Fsp3) is 0.231. The zero-order chi connectivity index (χ0) is 13.8. The van der Waals surface area contributed by atoms with Crippen LogP contribution in [0.4, 0.5) is 0 Å². The lowest BCUT2D eigenvalue weighted by Gasteiger charge is -2.10. The number of carbonyl (C=O) groups is 1. The number of hydrogen-bond donors (Lipinski definition) is 1. The van der Waals surface area contributed by atoms with E-state index in [0.717, 1.165) is 17.0 Å². The van der Waals surface area contributed by atoms with Crippen molar-refractivity contribution in [3.05, 3.63) is 34.7 Å². The van der Waals surface area contributed by atoms with Gasteiger partial charge in [-0.25, -0.2) is 4.98 Å². The lowest BCUT2D eigenvalue weighted by atomic mass is 10.2. The van der Waals surface area contributed by atoms with Crippen molar-refractivity contribution in [1.29, 1.82) is 0 Å². The quantitative estimate of drug-likeness (QED) is 0.696. The summed E-state index contributed by atoms with van der Waals surface area (Å²) in [6.07, 6.45) is 0. The number of amides is 1. The minimum absolute atomic E-state index is 0.111. The molecule has 1 heterocycles. The monoisotopic (exact) mass is 294 g/mol. The molecule has 4 nitrogen and oxygen atoms in total. The second-order valence-electron chi connectivity index (χ2n) is 3.91. The molecule has 0 spiro atoms. The summed E-state index contributed by atoms with van der Waals surface area (Å²) in [6, 6.07) is 7.58. The molecule has 0 saturated heterocycles. The van der Waals surface area contributed by atoms with Crippen LogP contribution in [0.5, 0.6) is 5.75 Å². The van der Waals surface area contributed by atoms with Gasteiger partial charge in [-0.1, -0.05) is 0 Å². The minimum atomic E-state index is -0.111. The second kappa shape index (κ2) is 6.08. The molecule has 2 rings (SSSR count). The summed E-state index contributed by atoms with van der Waals surface area (Å²) in [4.78, 5) is 17.8. The van der Waals surface area contributed by atoms with Crippen molar-refractivity contribution >= 4 is 29.9 Å². The van der Waals surface area contributed by atoms with Crippen LogP contribution in [0.25, 0.3) is 11.3 Å². The van der Waals surface area contributed by atoms with Crippen LogP contribution in [0.2, 0.25) is 0 Å².